The highest BCUT2D eigenvalue weighted by molar-refractivity contribution is 5.78. The van der Waals surface area contributed by atoms with Crippen LogP contribution in [-0.4, -0.2) is 55.0 Å². The Morgan fingerprint density at radius 1 is 1.48 bits per heavy atom. The number of furan rings is 1. The van der Waals surface area contributed by atoms with Crippen molar-refractivity contribution >= 4 is 5.91 Å². The maximum absolute atomic E-state index is 12.4. The lowest BCUT2D eigenvalue weighted by atomic mass is 10.2. The van der Waals surface area contributed by atoms with Gasteiger partial charge in [0.25, 0.3) is 0 Å². The number of hydrogen-bond donors (Lipinski definition) is 1. The average molecular weight is 293 g/mol. The Bertz CT molecular complexity index is 452. The number of carbonyl (C=O) groups is 1. The van der Waals surface area contributed by atoms with Gasteiger partial charge >= 0.3 is 0 Å². The summed E-state index contributed by atoms with van der Waals surface area (Å²) >= 11 is 0. The Hall–Kier alpha value is -1.33. The van der Waals surface area contributed by atoms with Crippen LogP contribution in [0.1, 0.15) is 31.3 Å². The second kappa shape index (κ2) is 7.61. The van der Waals surface area contributed by atoms with E-state index in [9.17, 15) is 4.79 Å². The van der Waals surface area contributed by atoms with Crippen molar-refractivity contribution in [2.24, 2.45) is 0 Å². The van der Waals surface area contributed by atoms with Gasteiger partial charge in [0.15, 0.2) is 0 Å². The topological polar surface area (TPSA) is 48.7 Å². The molecule has 0 bridgehead atoms. The highest BCUT2D eigenvalue weighted by atomic mass is 16.3. The molecule has 118 valence electrons. The highest BCUT2D eigenvalue weighted by Gasteiger charge is 2.24. The predicted molar refractivity (Wildman–Crippen MR) is 83.1 cm³/mol. The SMILES string of the molecule is CCCN(CC(=O)N(C)Cc1ccc(C)o1)C1CCNC1. The largest absolute Gasteiger partial charge is 0.464 e. The van der Waals surface area contributed by atoms with Crippen LogP contribution < -0.4 is 5.32 Å². The van der Waals surface area contributed by atoms with E-state index in [4.69, 9.17) is 4.42 Å². The van der Waals surface area contributed by atoms with E-state index in [1.165, 1.54) is 0 Å². The second-order valence-electron chi connectivity index (χ2n) is 5.88. The van der Waals surface area contributed by atoms with E-state index >= 15 is 0 Å². The van der Waals surface area contributed by atoms with Crippen molar-refractivity contribution in [1.82, 2.24) is 15.1 Å². The molecule has 5 heteroatoms. The lowest BCUT2D eigenvalue weighted by Gasteiger charge is -2.29. The van der Waals surface area contributed by atoms with Gasteiger partial charge in [-0.05, 0) is 45.0 Å². The van der Waals surface area contributed by atoms with Crippen LogP contribution in [0.2, 0.25) is 0 Å². The van der Waals surface area contributed by atoms with Gasteiger partial charge in [-0.15, -0.1) is 0 Å². The molecule has 1 fully saturated rings. The van der Waals surface area contributed by atoms with Crippen molar-refractivity contribution < 1.29 is 9.21 Å². The second-order valence-corrected chi connectivity index (χ2v) is 5.88. The fourth-order valence-corrected chi connectivity index (χ4v) is 2.82. The molecule has 0 aliphatic carbocycles. The van der Waals surface area contributed by atoms with Crippen molar-refractivity contribution in [3.05, 3.63) is 23.7 Å². The molecule has 0 radical (unpaired) electrons. The monoisotopic (exact) mass is 293 g/mol. The van der Waals surface area contributed by atoms with Gasteiger partial charge < -0.3 is 14.6 Å². The van der Waals surface area contributed by atoms with Crippen LogP contribution in [0.15, 0.2) is 16.5 Å². The Kier molecular flexibility index (Phi) is 5.82. The predicted octanol–water partition coefficient (Wildman–Crippen LogP) is 1.62. The van der Waals surface area contributed by atoms with Gasteiger partial charge in [0.2, 0.25) is 5.91 Å². The number of hydrogen-bond acceptors (Lipinski definition) is 4. The normalized spacial score (nSPS) is 18.4. The first-order valence-corrected chi connectivity index (χ1v) is 7.84. The average Bonchev–Trinajstić information content (AvgIpc) is 3.10. The maximum Gasteiger partial charge on any atom is 0.236 e. The number of aryl methyl sites for hydroxylation is 1. The third-order valence-corrected chi connectivity index (χ3v) is 4.01. The standard InChI is InChI=1S/C16H27N3O2/c1-4-9-19(14-7-8-17-10-14)12-16(20)18(3)11-15-6-5-13(2)21-15/h5-6,14,17H,4,7-12H2,1-3H3. The van der Waals surface area contributed by atoms with Gasteiger partial charge in [-0.2, -0.15) is 0 Å². The molecule has 1 atom stereocenters. The van der Waals surface area contributed by atoms with Crippen LogP contribution >= 0.6 is 0 Å². The number of rotatable bonds is 7. The van der Waals surface area contributed by atoms with E-state index in [-0.39, 0.29) is 5.91 Å². The molecule has 0 spiro atoms. The summed E-state index contributed by atoms with van der Waals surface area (Å²) in [7, 11) is 1.84. The molecule has 0 aromatic carbocycles. The minimum Gasteiger partial charge on any atom is -0.464 e. The summed E-state index contributed by atoms with van der Waals surface area (Å²) in [6.07, 6.45) is 2.21. The molecule has 1 aliphatic rings. The van der Waals surface area contributed by atoms with E-state index < -0.39 is 0 Å². The van der Waals surface area contributed by atoms with Crippen LogP contribution in [0.3, 0.4) is 0 Å². The van der Waals surface area contributed by atoms with E-state index in [1.807, 2.05) is 26.1 Å². The summed E-state index contributed by atoms with van der Waals surface area (Å²) in [5.41, 5.74) is 0. The molecule has 1 aromatic heterocycles. The summed E-state index contributed by atoms with van der Waals surface area (Å²) in [4.78, 5) is 16.5. The zero-order valence-electron chi connectivity index (χ0n) is 13.4. The third-order valence-electron chi connectivity index (χ3n) is 4.01. The number of amides is 1. The fourth-order valence-electron chi connectivity index (χ4n) is 2.82. The number of carbonyl (C=O) groups excluding carboxylic acids is 1. The molecule has 1 amide bonds. The highest BCUT2D eigenvalue weighted by Crippen LogP contribution is 2.12. The van der Waals surface area contributed by atoms with E-state index in [0.717, 1.165) is 44.0 Å². The minimum absolute atomic E-state index is 0.157. The Balaban J connectivity index is 1.87. The molecule has 2 rings (SSSR count). The first-order chi connectivity index (χ1) is 10.1. The molecule has 1 saturated heterocycles. The van der Waals surface area contributed by atoms with Crippen molar-refractivity contribution in [3.8, 4) is 0 Å². The van der Waals surface area contributed by atoms with Crippen molar-refractivity contribution in [2.45, 2.75) is 39.3 Å². The van der Waals surface area contributed by atoms with Crippen LogP contribution in [0.5, 0.6) is 0 Å². The summed E-state index contributed by atoms with van der Waals surface area (Å²) in [6, 6.07) is 4.36. The Labute approximate surface area is 127 Å². The van der Waals surface area contributed by atoms with Gasteiger partial charge in [0, 0.05) is 19.6 Å². The quantitative estimate of drug-likeness (QED) is 0.830. The summed E-state index contributed by atoms with van der Waals surface area (Å²) in [6.45, 7) is 8.14. The van der Waals surface area contributed by atoms with Crippen LogP contribution in [0.4, 0.5) is 0 Å². The fraction of sp³-hybridized carbons (Fsp3) is 0.688. The summed E-state index contributed by atoms with van der Waals surface area (Å²) in [5, 5.41) is 3.37. The smallest absolute Gasteiger partial charge is 0.236 e. The van der Waals surface area contributed by atoms with Gasteiger partial charge in [-0.25, -0.2) is 0 Å². The lowest BCUT2D eigenvalue weighted by Crippen LogP contribution is -2.44. The Morgan fingerprint density at radius 2 is 2.29 bits per heavy atom. The summed E-state index contributed by atoms with van der Waals surface area (Å²) in [5.74, 6) is 1.88. The number of likely N-dealkylation sites (N-methyl/N-ethyl adjacent to an activating group) is 1. The van der Waals surface area contributed by atoms with Gasteiger partial charge in [-0.3, -0.25) is 9.69 Å². The molecule has 5 nitrogen and oxygen atoms in total. The maximum atomic E-state index is 12.4. The molecular formula is C16H27N3O2. The van der Waals surface area contributed by atoms with Crippen LogP contribution in [-0.2, 0) is 11.3 Å². The summed E-state index contributed by atoms with van der Waals surface area (Å²) < 4.78 is 5.54. The zero-order chi connectivity index (χ0) is 15.2. The molecule has 21 heavy (non-hydrogen) atoms. The third kappa shape index (κ3) is 4.58. The minimum atomic E-state index is 0.157. The first-order valence-electron chi connectivity index (χ1n) is 7.84. The number of nitrogens with one attached hydrogen (secondary N) is 1. The number of nitrogens with zero attached hydrogens (tertiary/aromatic N) is 2. The van der Waals surface area contributed by atoms with Gasteiger partial charge in [0.05, 0.1) is 13.1 Å². The molecule has 1 unspecified atom stereocenters. The first kappa shape index (κ1) is 16.0. The molecule has 1 aliphatic heterocycles. The molecule has 2 heterocycles. The van der Waals surface area contributed by atoms with E-state index in [2.05, 4.69) is 17.1 Å². The molecule has 1 N–H and O–H groups in total. The van der Waals surface area contributed by atoms with Crippen LogP contribution in [0.25, 0.3) is 0 Å². The lowest BCUT2D eigenvalue weighted by molar-refractivity contribution is -0.132. The van der Waals surface area contributed by atoms with E-state index in [1.54, 1.807) is 4.90 Å². The van der Waals surface area contributed by atoms with Crippen LogP contribution in [0, 0.1) is 6.92 Å². The van der Waals surface area contributed by atoms with Gasteiger partial charge in [-0.1, -0.05) is 6.92 Å². The van der Waals surface area contributed by atoms with Gasteiger partial charge in [0.1, 0.15) is 11.5 Å². The van der Waals surface area contributed by atoms with Crippen molar-refractivity contribution in [2.75, 3.05) is 33.2 Å². The molecule has 1 aromatic rings. The van der Waals surface area contributed by atoms with Crippen molar-refractivity contribution in [1.29, 1.82) is 0 Å². The molecular weight excluding hydrogens is 266 g/mol. The van der Waals surface area contributed by atoms with Crippen molar-refractivity contribution in [3.63, 3.8) is 0 Å². The van der Waals surface area contributed by atoms with E-state index in [0.29, 0.717) is 19.1 Å². The molecule has 0 saturated carbocycles. The zero-order valence-corrected chi connectivity index (χ0v) is 13.4. The Morgan fingerprint density at radius 3 is 2.86 bits per heavy atom.